The van der Waals surface area contributed by atoms with E-state index in [0.717, 1.165) is 4.47 Å². The number of nitrogens with one attached hydrogen (secondary N) is 1. The fourth-order valence-electron chi connectivity index (χ4n) is 3.02. The molecule has 0 aliphatic carbocycles. The van der Waals surface area contributed by atoms with Crippen molar-refractivity contribution in [1.29, 1.82) is 0 Å². The van der Waals surface area contributed by atoms with Crippen LogP contribution in [0, 0.1) is 0 Å². The minimum absolute atomic E-state index is 0.0353. The minimum atomic E-state index is -0.838. The van der Waals surface area contributed by atoms with Crippen molar-refractivity contribution in [2.45, 2.75) is 18.9 Å². The van der Waals surface area contributed by atoms with Crippen LogP contribution in [0.15, 0.2) is 53.0 Å². The molecule has 0 aromatic heterocycles. The summed E-state index contributed by atoms with van der Waals surface area (Å²) in [6.45, 7) is -0.0299. The lowest BCUT2D eigenvalue weighted by atomic mass is 10.1. The topological polar surface area (TPSA) is 94.2 Å². The molecule has 9 heteroatoms. The highest BCUT2D eigenvalue weighted by atomic mass is 79.9. The van der Waals surface area contributed by atoms with Crippen molar-refractivity contribution < 1.29 is 28.6 Å². The Bertz CT molecular complexity index is 951. The van der Waals surface area contributed by atoms with E-state index in [1.165, 1.54) is 11.9 Å². The second kappa shape index (κ2) is 10.8. The molecule has 1 atom stereocenters. The molecule has 0 radical (unpaired) electrons. The molecule has 31 heavy (non-hydrogen) atoms. The number of ether oxygens (including phenoxy) is 3. The fraction of sp³-hybridized carbons (Fsp3) is 0.318. The second-order valence-electron chi connectivity index (χ2n) is 6.76. The summed E-state index contributed by atoms with van der Waals surface area (Å²) >= 11 is 3.37. The summed E-state index contributed by atoms with van der Waals surface area (Å²) in [7, 11) is 1.50. The Labute approximate surface area is 188 Å². The number of anilines is 1. The molecule has 1 aliphatic heterocycles. The van der Waals surface area contributed by atoms with E-state index < -0.39 is 24.6 Å². The van der Waals surface area contributed by atoms with Gasteiger partial charge < -0.3 is 24.4 Å². The molecule has 2 aromatic rings. The lowest BCUT2D eigenvalue weighted by molar-refractivity contribution is -0.148. The van der Waals surface area contributed by atoms with Gasteiger partial charge in [0.1, 0.15) is 11.5 Å². The standard InChI is InChI=1S/C22H23BrN2O6/c1-24-22(28)19-13-25(17-8-2-3-9-18(17)31-19)20(26)14-30-21(27)10-5-11-29-16-7-4-6-15(23)12-16/h2-4,6-9,12,19H,5,10-11,13-14H2,1H3,(H,24,28). The maximum atomic E-state index is 12.7. The molecular formula is C22H23BrN2O6. The monoisotopic (exact) mass is 490 g/mol. The van der Waals surface area contributed by atoms with Gasteiger partial charge in [-0.05, 0) is 36.8 Å². The van der Waals surface area contributed by atoms with Crippen molar-refractivity contribution in [3.05, 3.63) is 53.0 Å². The maximum absolute atomic E-state index is 12.7. The largest absolute Gasteiger partial charge is 0.494 e. The first kappa shape index (κ1) is 22.6. The Balaban J connectivity index is 1.48. The molecule has 1 aliphatic rings. The zero-order chi connectivity index (χ0) is 22.2. The highest BCUT2D eigenvalue weighted by molar-refractivity contribution is 9.10. The van der Waals surface area contributed by atoms with Crippen molar-refractivity contribution in [1.82, 2.24) is 5.32 Å². The van der Waals surface area contributed by atoms with Gasteiger partial charge in [-0.15, -0.1) is 0 Å². The van der Waals surface area contributed by atoms with E-state index in [0.29, 0.717) is 30.2 Å². The highest BCUT2D eigenvalue weighted by Gasteiger charge is 2.33. The Morgan fingerprint density at radius 2 is 2.00 bits per heavy atom. The molecule has 2 aromatic carbocycles. The molecule has 1 N–H and O–H groups in total. The number of amides is 2. The summed E-state index contributed by atoms with van der Waals surface area (Å²) in [5.41, 5.74) is 0.533. The summed E-state index contributed by atoms with van der Waals surface area (Å²) in [5.74, 6) is -0.130. The number of carbonyl (C=O) groups excluding carboxylic acids is 3. The summed E-state index contributed by atoms with van der Waals surface area (Å²) in [4.78, 5) is 38.1. The Hall–Kier alpha value is -3.07. The summed E-state index contributed by atoms with van der Waals surface area (Å²) in [6, 6.07) is 14.3. The van der Waals surface area contributed by atoms with Crippen LogP contribution in [0.3, 0.4) is 0 Å². The Morgan fingerprint density at radius 3 is 2.77 bits per heavy atom. The second-order valence-corrected chi connectivity index (χ2v) is 7.68. The number of carbonyl (C=O) groups is 3. The van der Waals surface area contributed by atoms with Crippen LogP contribution in [0.5, 0.6) is 11.5 Å². The van der Waals surface area contributed by atoms with E-state index in [1.807, 2.05) is 24.3 Å². The third-order valence-corrected chi connectivity index (χ3v) is 5.05. The number of hydrogen-bond donors (Lipinski definition) is 1. The van der Waals surface area contributed by atoms with Crippen molar-refractivity contribution in [2.24, 2.45) is 0 Å². The molecule has 8 nitrogen and oxygen atoms in total. The third kappa shape index (κ3) is 6.21. The molecule has 3 rings (SSSR count). The van der Waals surface area contributed by atoms with E-state index in [1.54, 1.807) is 24.3 Å². The van der Waals surface area contributed by atoms with Gasteiger partial charge in [0.25, 0.3) is 11.8 Å². The van der Waals surface area contributed by atoms with Gasteiger partial charge in [0.05, 0.1) is 18.8 Å². The van der Waals surface area contributed by atoms with Gasteiger partial charge in [-0.1, -0.05) is 34.1 Å². The van der Waals surface area contributed by atoms with Crippen LogP contribution in [0.4, 0.5) is 5.69 Å². The molecule has 0 bridgehead atoms. The van der Waals surface area contributed by atoms with Crippen molar-refractivity contribution in [2.75, 3.05) is 31.7 Å². The van der Waals surface area contributed by atoms with Gasteiger partial charge in [-0.3, -0.25) is 14.4 Å². The average Bonchev–Trinajstić information content (AvgIpc) is 2.79. The number of hydrogen-bond acceptors (Lipinski definition) is 6. The molecule has 0 fully saturated rings. The maximum Gasteiger partial charge on any atom is 0.306 e. The van der Waals surface area contributed by atoms with Crippen molar-refractivity contribution in [3.63, 3.8) is 0 Å². The van der Waals surface area contributed by atoms with E-state index in [4.69, 9.17) is 14.2 Å². The predicted octanol–water partition coefficient (Wildman–Crippen LogP) is 2.69. The first-order valence-corrected chi connectivity index (χ1v) is 10.6. The minimum Gasteiger partial charge on any atom is -0.494 e. The SMILES string of the molecule is CNC(=O)C1CN(C(=O)COC(=O)CCCOc2cccc(Br)c2)c2ccccc2O1. The van der Waals surface area contributed by atoms with Crippen LogP contribution in [0.2, 0.25) is 0 Å². The van der Waals surface area contributed by atoms with Crippen molar-refractivity contribution in [3.8, 4) is 11.5 Å². The van der Waals surface area contributed by atoms with Crippen LogP contribution < -0.4 is 19.7 Å². The molecular weight excluding hydrogens is 468 g/mol. The number of benzene rings is 2. The van der Waals surface area contributed by atoms with Gasteiger partial charge in [-0.25, -0.2) is 0 Å². The third-order valence-electron chi connectivity index (χ3n) is 4.56. The van der Waals surface area contributed by atoms with Gasteiger partial charge in [0.2, 0.25) is 0 Å². The number of likely N-dealkylation sites (N-methyl/N-ethyl adjacent to an activating group) is 1. The lowest BCUT2D eigenvalue weighted by Crippen LogP contribution is -2.51. The van der Waals surface area contributed by atoms with Gasteiger partial charge in [0.15, 0.2) is 12.7 Å². The zero-order valence-corrected chi connectivity index (χ0v) is 18.6. The number of nitrogens with zero attached hydrogens (tertiary/aromatic N) is 1. The molecule has 1 unspecified atom stereocenters. The van der Waals surface area contributed by atoms with Gasteiger partial charge in [0, 0.05) is 17.9 Å². The number of para-hydroxylation sites is 2. The van der Waals surface area contributed by atoms with E-state index in [9.17, 15) is 14.4 Å². The molecule has 164 valence electrons. The van der Waals surface area contributed by atoms with Crippen molar-refractivity contribution >= 4 is 39.4 Å². The summed E-state index contributed by atoms with van der Waals surface area (Å²) in [6.07, 6.45) is -0.254. The van der Waals surface area contributed by atoms with E-state index >= 15 is 0 Å². The number of esters is 1. The molecule has 2 amide bonds. The van der Waals surface area contributed by atoms with E-state index in [-0.39, 0.29) is 18.9 Å². The smallest absolute Gasteiger partial charge is 0.306 e. The number of rotatable bonds is 8. The normalized spacial score (nSPS) is 14.8. The van der Waals surface area contributed by atoms with Crippen LogP contribution in [-0.4, -0.2) is 50.7 Å². The number of halogens is 1. The highest BCUT2D eigenvalue weighted by Crippen LogP contribution is 2.33. The van der Waals surface area contributed by atoms with Crippen LogP contribution in [0.1, 0.15) is 12.8 Å². The average molecular weight is 491 g/mol. The van der Waals surface area contributed by atoms with Gasteiger partial charge in [-0.2, -0.15) is 0 Å². The van der Waals surface area contributed by atoms with Crippen LogP contribution in [0.25, 0.3) is 0 Å². The van der Waals surface area contributed by atoms with Crippen LogP contribution in [-0.2, 0) is 19.1 Å². The zero-order valence-electron chi connectivity index (χ0n) is 17.0. The molecule has 0 saturated heterocycles. The summed E-state index contributed by atoms with van der Waals surface area (Å²) in [5, 5.41) is 2.52. The first-order valence-electron chi connectivity index (χ1n) is 9.79. The van der Waals surface area contributed by atoms with E-state index in [2.05, 4.69) is 21.2 Å². The molecule has 0 saturated carbocycles. The van der Waals surface area contributed by atoms with Crippen LogP contribution >= 0.6 is 15.9 Å². The predicted molar refractivity (Wildman–Crippen MR) is 117 cm³/mol. The Morgan fingerprint density at radius 1 is 1.19 bits per heavy atom. The first-order chi connectivity index (χ1) is 15.0. The Kier molecular flexibility index (Phi) is 7.88. The lowest BCUT2D eigenvalue weighted by Gasteiger charge is -2.33. The quantitative estimate of drug-likeness (QED) is 0.451. The van der Waals surface area contributed by atoms with Gasteiger partial charge >= 0.3 is 5.97 Å². The fourth-order valence-corrected chi connectivity index (χ4v) is 3.40. The molecule has 1 heterocycles. The summed E-state index contributed by atoms with van der Waals surface area (Å²) < 4.78 is 17.3. The number of fused-ring (bicyclic) bond motifs is 1. The molecule has 0 spiro atoms.